The van der Waals surface area contributed by atoms with Crippen LogP contribution in [0.5, 0.6) is 0 Å². The minimum atomic E-state index is -0.867. The Hall–Kier alpha value is -2.03. The number of hydrogen-bond acceptors (Lipinski definition) is 6. The number of thiophene rings is 1. The van der Waals surface area contributed by atoms with Crippen LogP contribution in [0.15, 0.2) is 18.3 Å². The quantitative estimate of drug-likeness (QED) is 0.783. The smallest absolute Gasteiger partial charge is 0.261 e. The molecule has 3 rings (SSSR count). The highest BCUT2D eigenvalue weighted by Gasteiger charge is 2.38. The molecule has 27 heavy (non-hydrogen) atoms. The molecule has 2 amide bonds. The van der Waals surface area contributed by atoms with Gasteiger partial charge in [0.05, 0.1) is 11.5 Å². The average molecular weight is 391 g/mol. The summed E-state index contributed by atoms with van der Waals surface area (Å²) >= 11 is 1.36. The summed E-state index contributed by atoms with van der Waals surface area (Å²) < 4.78 is 5.33. The van der Waals surface area contributed by atoms with E-state index in [4.69, 9.17) is 9.84 Å². The maximum atomic E-state index is 12.7. The molecule has 1 atom stereocenters. The van der Waals surface area contributed by atoms with Crippen LogP contribution in [0.1, 0.15) is 41.4 Å². The standard InChI is InChI=1S/C19H25N3O4S/c1-19(2,26-3)18(25)22-9-6-12(11-22)14-13-5-4-7-21-17(13)27-15(14)16(24)20-8-10-23/h4-5,7,12,23H,6,8-11H2,1-3H3,(H,20,24). The Morgan fingerprint density at radius 2 is 2.26 bits per heavy atom. The molecular formula is C19H25N3O4S. The molecule has 0 aromatic carbocycles. The van der Waals surface area contributed by atoms with Gasteiger partial charge in [-0.05, 0) is 31.9 Å². The number of rotatable bonds is 6. The second-order valence-corrected chi connectivity index (χ2v) is 8.13. The van der Waals surface area contributed by atoms with Crippen molar-refractivity contribution in [2.75, 3.05) is 33.4 Å². The van der Waals surface area contributed by atoms with Gasteiger partial charge in [-0.15, -0.1) is 11.3 Å². The molecule has 0 aliphatic carbocycles. The van der Waals surface area contributed by atoms with Crippen molar-refractivity contribution in [3.05, 3.63) is 28.8 Å². The van der Waals surface area contributed by atoms with Crippen molar-refractivity contribution in [3.63, 3.8) is 0 Å². The molecule has 0 bridgehead atoms. The fourth-order valence-corrected chi connectivity index (χ4v) is 4.57. The molecule has 7 nitrogen and oxygen atoms in total. The number of aliphatic hydroxyl groups is 1. The third-order valence-corrected chi connectivity index (χ3v) is 6.15. The maximum Gasteiger partial charge on any atom is 0.261 e. The van der Waals surface area contributed by atoms with Gasteiger partial charge in [0.2, 0.25) is 0 Å². The lowest BCUT2D eigenvalue weighted by atomic mass is 9.95. The van der Waals surface area contributed by atoms with Crippen molar-refractivity contribution < 1.29 is 19.4 Å². The number of carbonyl (C=O) groups is 2. The molecule has 1 saturated heterocycles. The first-order valence-corrected chi connectivity index (χ1v) is 9.81. The highest BCUT2D eigenvalue weighted by Crippen LogP contribution is 2.39. The maximum absolute atomic E-state index is 12.7. The zero-order valence-corrected chi connectivity index (χ0v) is 16.6. The van der Waals surface area contributed by atoms with E-state index in [2.05, 4.69) is 10.3 Å². The minimum absolute atomic E-state index is 0.0450. The Morgan fingerprint density at radius 3 is 2.96 bits per heavy atom. The van der Waals surface area contributed by atoms with Crippen LogP contribution in [0.4, 0.5) is 0 Å². The van der Waals surface area contributed by atoms with E-state index >= 15 is 0 Å². The number of methoxy groups -OCH3 is 1. The number of ether oxygens (including phenoxy) is 1. The van der Waals surface area contributed by atoms with Crippen LogP contribution >= 0.6 is 11.3 Å². The molecule has 1 fully saturated rings. The number of nitrogens with one attached hydrogen (secondary N) is 1. The summed E-state index contributed by atoms with van der Waals surface area (Å²) in [5.41, 5.74) is 0.0816. The highest BCUT2D eigenvalue weighted by molar-refractivity contribution is 7.20. The zero-order valence-electron chi connectivity index (χ0n) is 15.8. The molecule has 2 aromatic rings. The Balaban J connectivity index is 1.92. The lowest BCUT2D eigenvalue weighted by molar-refractivity contribution is -0.149. The largest absolute Gasteiger partial charge is 0.395 e. The lowest BCUT2D eigenvalue weighted by Crippen LogP contribution is -2.45. The summed E-state index contributed by atoms with van der Waals surface area (Å²) in [4.78, 5) is 33.0. The summed E-state index contributed by atoms with van der Waals surface area (Å²) in [6.07, 6.45) is 2.50. The van der Waals surface area contributed by atoms with E-state index in [0.29, 0.717) is 18.0 Å². The number of hydrogen-bond donors (Lipinski definition) is 2. The van der Waals surface area contributed by atoms with Gasteiger partial charge >= 0.3 is 0 Å². The van der Waals surface area contributed by atoms with Gasteiger partial charge in [0, 0.05) is 44.2 Å². The van der Waals surface area contributed by atoms with E-state index in [1.165, 1.54) is 18.4 Å². The SMILES string of the molecule is COC(C)(C)C(=O)N1CCC(c2c(C(=O)NCCO)sc3ncccc23)C1. The number of carbonyl (C=O) groups excluding carboxylic acids is 2. The molecule has 2 N–H and O–H groups in total. The lowest BCUT2D eigenvalue weighted by Gasteiger charge is -2.28. The molecule has 1 aliphatic heterocycles. The van der Waals surface area contributed by atoms with Gasteiger partial charge in [-0.25, -0.2) is 4.98 Å². The van der Waals surface area contributed by atoms with Crippen LogP contribution in [-0.2, 0) is 9.53 Å². The summed E-state index contributed by atoms with van der Waals surface area (Å²) in [7, 11) is 1.53. The fraction of sp³-hybridized carbons (Fsp3) is 0.526. The minimum Gasteiger partial charge on any atom is -0.395 e. The van der Waals surface area contributed by atoms with E-state index < -0.39 is 5.60 Å². The first-order chi connectivity index (χ1) is 12.9. The van der Waals surface area contributed by atoms with Crippen molar-refractivity contribution in [2.45, 2.75) is 31.8 Å². The monoisotopic (exact) mass is 391 g/mol. The Kier molecular flexibility index (Phi) is 5.78. The summed E-state index contributed by atoms with van der Waals surface area (Å²) in [6.45, 7) is 4.80. The van der Waals surface area contributed by atoms with E-state index in [1.54, 1.807) is 20.0 Å². The number of aromatic nitrogens is 1. The van der Waals surface area contributed by atoms with Crippen LogP contribution in [0.2, 0.25) is 0 Å². The van der Waals surface area contributed by atoms with Gasteiger partial charge in [-0.2, -0.15) is 0 Å². The number of fused-ring (bicyclic) bond motifs is 1. The predicted molar refractivity (Wildman–Crippen MR) is 104 cm³/mol. The number of aliphatic hydroxyl groups excluding tert-OH is 1. The Labute approximate surface area is 162 Å². The normalized spacial score (nSPS) is 17.5. The summed E-state index contributed by atoms with van der Waals surface area (Å²) in [5, 5.41) is 12.7. The number of nitrogens with zero attached hydrogens (tertiary/aromatic N) is 2. The molecule has 0 radical (unpaired) electrons. The first-order valence-electron chi connectivity index (χ1n) is 9.00. The van der Waals surface area contributed by atoms with E-state index in [1.807, 2.05) is 17.0 Å². The van der Waals surface area contributed by atoms with Crippen molar-refractivity contribution in [1.82, 2.24) is 15.2 Å². The molecule has 146 valence electrons. The summed E-state index contributed by atoms with van der Waals surface area (Å²) in [6, 6.07) is 3.83. The van der Waals surface area contributed by atoms with Gasteiger partial charge < -0.3 is 20.1 Å². The van der Waals surface area contributed by atoms with E-state index in [-0.39, 0.29) is 30.9 Å². The second kappa shape index (κ2) is 7.92. The highest BCUT2D eigenvalue weighted by atomic mass is 32.1. The fourth-order valence-electron chi connectivity index (χ4n) is 3.42. The van der Waals surface area contributed by atoms with Gasteiger partial charge in [-0.1, -0.05) is 6.07 Å². The van der Waals surface area contributed by atoms with Crippen LogP contribution in [0, 0.1) is 0 Å². The van der Waals surface area contributed by atoms with Gasteiger partial charge in [0.15, 0.2) is 0 Å². The number of likely N-dealkylation sites (tertiary alicyclic amines) is 1. The van der Waals surface area contributed by atoms with Crippen LogP contribution < -0.4 is 5.32 Å². The molecule has 0 spiro atoms. The molecular weight excluding hydrogens is 366 g/mol. The van der Waals surface area contributed by atoms with Crippen LogP contribution in [-0.4, -0.2) is 65.8 Å². The van der Waals surface area contributed by atoms with Gasteiger partial charge in [0.1, 0.15) is 10.4 Å². The first kappa shape index (κ1) is 19.7. The molecule has 8 heteroatoms. The van der Waals surface area contributed by atoms with Crippen molar-refractivity contribution in [1.29, 1.82) is 0 Å². The molecule has 2 aromatic heterocycles. The molecule has 0 saturated carbocycles. The van der Waals surface area contributed by atoms with E-state index in [9.17, 15) is 9.59 Å². The predicted octanol–water partition coefficient (Wildman–Crippen LogP) is 1.76. The topological polar surface area (TPSA) is 91.8 Å². The van der Waals surface area contributed by atoms with Crippen molar-refractivity contribution >= 4 is 33.4 Å². The van der Waals surface area contributed by atoms with Gasteiger partial charge in [0.25, 0.3) is 11.8 Å². The zero-order chi connectivity index (χ0) is 19.6. The second-order valence-electron chi connectivity index (χ2n) is 7.13. The number of pyridine rings is 1. The number of amides is 2. The van der Waals surface area contributed by atoms with Crippen LogP contribution in [0.25, 0.3) is 10.2 Å². The van der Waals surface area contributed by atoms with Crippen molar-refractivity contribution in [3.8, 4) is 0 Å². The van der Waals surface area contributed by atoms with E-state index in [0.717, 1.165) is 22.2 Å². The molecule has 1 aliphatic rings. The van der Waals surface area contributed by atoms with Crippen LogP contribution in [0.3, 0.4) is 0 Å². The third-order valence-electron chi connectivity index (χ3n) is 5.02. The van der Waals surface area contributed by atoms with Gasteiger partial charge in [-0.3, -0.25) is 9.59 Å². The average Bonchev–Trinajstić information content (AvgIpc) is 3.29. The summed E-state index contributed by atoms with van der Waals surface area (Å²) in [5.74, 6) is -0.185. The third kappa shape index (κ3) is 3.83. The Bertz CT molecular complexity index is 849. The molecule has 3 heterocycles. The van der Waals surface area contributed by atoms with Crippen molar-refractivity contribution in [2.24, 2.45) is 0 Å². The Morgan fingerprint density at radius 1 is 1.48 bits per heavy atom. The molecule has 1 unspecified atom stereocenters.